The quantitative estimate of drug-likeness (QED) is 0.567. The number of rotatable bonds is 3. The Morgan fingerprint density at radius 1 is 1.35 bits per heavy atom. The number of aryl methyl sites for hydroxylation is 1. The molecule has 0 aliphatic rings. The summed E-state index contributed by atoms with van der Waals surface area (Å²) in [7, 11) is 0. The van der Waals surface area contributed by atoms with Gasteiger partial charge in [0.2, 0.25) is 0 Å². The van der Waals surface area contributed by atoms with Crippen LogP contribution in [0.25, 0.3) is 11.5 Å². The molecule has 6 nitrogen and oxygen atoms in total. The van der Waals surface area contributed by atoms with Crippen molar-refractivity contribution in [1.82, 2.24) is 15.1 Å². The van der Waals surface area contributed by atoms with Crippen molar-refractivity contribution in [3.63, 3.8) is 0 Å². The average Bonchev–Trinajstić information content (AvgIpc) is 3.03. The third-order valence-electron chi connectivity index (χ3n) is 2.75. The molecule has 7 heteroatoms. The van der Waals surface area contributed by atoms with Crippen LogP contribution >= 0.6 is 11.3 Å². The second-order valence-corrected chi connectivity index (χ2v) is 5.39. The Kier molecular flexibility index (Phi) is 3.11. The first-order chi connectivity index (χ1) is 9.61. The zero-order valence-electron chi connectivity index (χ0n) is 10.7. The summed E-state index contributed by atoms with van der Waals surface area (Å²) in [5.41, 5.74) is 7.51. The average molecular weight is 288 g/mol. The predicted octanol–water partition coefficient (Wildman–Crippen LogP) is 2.38. The predicted molar refractivity (Wildman–Crippen MR) is 75.5 cm³/mol. The fourth-order valence-corrected chi connectivity index (χ4v) is 2.39. The van der Waals surface area contributed by atoms with E-state index in [0.29, 0.717) is 23.7 Å². The van der Waals surface area contributed by atoms with E-state index in [1.807, 2.05) is 12.3 Å². The molecule has 0 spiro atoms. The molecule has 0 saturated carbocycles. The number of nitrogen functional groups attached to an aromatic ring is 1. The van der Waals surface area contributed by atoms with Crippen LogP contribution < -0.4 is 5.73 Å². The van der Waals surface area contributed by atoms with E-state index < -0.39 is 0 Å². The first kappa shape index (κ1) is 12.6. The third kappa shape index (κ3) is 2.48. The molecule has 0 amide bonds. The van der Waals surface area contributed by atoms with Crippen molar-refractivity contribution in [1.29, 1.82) is 0 Å². The lowest BCUT2D eigenvalue weighted by Crippen LogP contribution is -1.91. The van der Waals surface area contributed by atoms with Crippen molar-refractivity contribution < 1.29 is 9.63 Å². The molecule has 102 valence electrons. The monoisotopic (exact) mass is 288 g/mol. The molecule has 1 aromatic carbocycles. The number of phenolic OH excluding ortho intramolecular Hbond substituents is 1. The van der Waals surface area contributed by atoms with Gasteiger partial charge in [-0.3, -0.25) is 0 Å². The van der Waals surface area contributed by atoms with Gasteiger partial charge in [0.15, 0.2) is 5.82 Å². The van der Waals surface area contributed by atoms with Crippen molar-refractivity contribution in [2.24, 2.45) is 0 Å². The van der Waals surface area contributed by atoms with Crippen LogP contribution in [0.3, 0.4) is 0 Å². The zero-order chi connectivity index (χ0) is 14.1. The molecule has 3 rings (SSSR count). The van der Waals surface area contributed by atoms with Gasteiger partial charge >= 0.3 is 0 Å². The van der Waals surface area contributed by atoms with Crippen molar-refractivity contribution >= 4 is 17.0 Å². The summed E-state index contributed by atoms with van der Waals surface area (Å²) in [5, 5.41) is 16.3. The minimum Gasteiger partial charge on any atom is -0.506 e. The highest BCUT2D eigenvalue weighted by Crippen LogP contribution is 2.26. The molecule has 0 bridgehead atoms. The van der Waals surface area contributed by atoms with Crippen molar-refractivity contribution in [2.45, 2.75) is 13.3 Å². The molecular formula is C13H12N4O2S. The minimum atomic E-state index is 0.0337. The SMILES string of the molecule is Cc1nc(Cc2noc(-c3ccc(O)c(N)c3)n2)cs1. The van der Waals surface area contributed by atoms with Crippen molar-refractivity contribution in [3.05, 3.63) is 40.1 Å². The Balaban J connectivity index is 1.84. The summed E-state index contributed by atoms with van der Waals surface area (Å²) in [6.07, 6.45) is 0.529. The molecule has 2 heterocycles. The summed E-state index contributed by atoms with van der Waals surface area (Å²) < 4.78 is 5.20. The van der Waals surface area contributed by atoms with Crippen LogP contribution in [-0.4, -0.2) is 20.2 Å². The van der Waals surface area contributed by atoms with Crippen LogP contribution in [0.15, 0.2) is 28.1 Å². The Hall–Kier alpha value is -2.41. The number of thiazole rings is 1. The smallest absolute Gasteiger partial charge is 0.258 e. The largest absolute Gasteiger partial charge is 0.506 e. The van der Waals surface area contributed by atoms with E-state index in [1.54, 1.807) is 23.5 Å². The summed E-state index contributed by atoms with van der Waals surface area (Å²) in [6.45, 7) is 1.95. The van der Waals surface area contributed by atoms with Crippen LogP contribution in [0.2, 0.25) is 0 Å². The van der Waals surface area contributed by atoms with Gasteiger partial charge in [-0.15, -0.1) is 11.3 Å². The van der Waals surface area contributed by atoms with Crippen LogP contribution in [0.1, 0.15) is 16.5 Å². The number of phenols is 1. The summed E-state index contributed by atoms with van der Waals surface area (Å²) in [5.74, 6) is 0.974. The summed E-state index contributed by atoms with van der Waals surface area (Å²) in [4.78, 5) is 8.66. The Bertz CT molecular complexity index is 750. The maximum atomic E-state index is 9.39. The molecule has 0 atom stereocenters. The second-order valence-electron chi connectivity index (χ2n) is 4.32. The minimum absolute atomic E-state index is 0.0337. The van der Waals surface area contributed by atoms with E-state index in [2.05, 4.69) is 15.1 Å². The molecule has 0 aliphatic carbocycles. The van der Waals surface area contributed by atoms with Gasteiger partial charge in [-0.25, -0.2) is 4.98 Å². The summed E-state index contributed by atoms with van der Waals surface area (Å²) >= 11 is 1.59. The normalized spacial score (nSPS) is 10.8. The maximum absolute atomic E-state index is 9.39. The third-order valence-corrected chi connectivity index (χ3v) is 3.57. The standard InChI is InChI=1S/C13H12N4O2S/c1-7-15-9(6-20-7)5-12-16-13(19-17-12)8-2-3-11(18)10(14)4-8/h2-4,6,18H,5,14H2,1H3. The Labute approximate surface area is 118 Å². The fourth-order valence-electron chi connectivity index (χ4n) is 1.78. The fraction of sp³-hybridized carbons (Fsp3) is 0.154. The van der Waals surface area contributed by atoms with Crippen molar-refractivity contribution in [3.8, 4) is 17.2 Å². The van der Waals surface area contributed by atoms with Gasteiger partial charge in [0, 0.05) is 10.9 Å². The number of aromatic nitrogens is 3. The number of hydrogen-bond donors (Lipinski definition) is 2. The highest BCUT2D eigenvalue weighted by molar-refractivity contribution is 7.09. The van der Waals surface area contributed by atoms with Crippen LogP contribution in [-0.2, 0) is 6.42 Å². The number of benzene rings is 1. The lowest BCUT2D eigenvalue weighted by molar-refractivity contribution is 0.423. The van der Waals surface area contributed by atoms with Gasteiger partial charge < -0.3 is 15.4 Å². The molecule has 0 unspecified atom stereocenters. The van der Waals surface area contributed by atoms with Gasteiger partial charge in [0.05, 0.1) is 22.8 Å². The topological polar surface area (TPSA) is 98.1 Å². The molecular weight excluding hydrogens is 276 g/mol. The second kappa shape index (κ2) is 4.93. The molecule has 0 aliphatic heterocycles. The van der Waals surface area contributed by atoms with E-state index in [4.69, 9.17) is 10.3 Å². The molecule has 3 N–H and O–H groups in total. The first-order valence-electron chi connectivity index (χ1n) is 5.94. The molecule has 0 saturated heterocycles. The van der Waals surface area contributed by atoms with E-state index in [9.17, 15) is 5.11 Å². The van der Waals surface area contributed by atoms with Crippen LogP contribution in [0, 0.1) is 6.92 Å². The Morgan fingerprint density at radius 2 is 2.20 bits per heavy atom. The molecule has 0 fully saturated rings. The van der Waals surface area contributed by atoms with Crippen LogP contribution in [0.4, 0.5) is 5.69 Å². The highest BCUT2D eigenvalue weighted by Gasteiger charge is 2.11. The molecule has 0 radical (unpaired) electrons. The van der Waals surface area contributed by atoms with E-state index in [0.717, 1.165) is 10.7 Å². The zero-order valence-corrected chi connectivity index (χ0v) is 11.5. The van der Waals surface area contributed by atoms with E-state index in [1.165, 1.54) is 6.07 Å². The number of nitrogens with zero attached hydrogens (tertiary/aromatic N) is 3. The van der Waals surface area contributed by atoms with Crippen molar-refractivity contribution in [2.75, 3.05) is 5.73 Å². The lowest BCUT2D eigenvalue weighted by atomic mass is 10.2. The van der Waals surface area contributed by atoms with E-state index >= 15 is 0 Å². The van der Waals surface area contributed by atoms with Gasteiger partial charge in [0.1, 0.15) is 5.75 Å². The lowest BCUT2D eigenvalue weighted by Gasteiger charge is -1.99. The Morgan fingerprint density at radius 3 is 2.90 bits per heavy atom. The summed E-state index contributed by atoms with van der Waals surface area (Å²) in [6, 6.07) is 4.77. The molecule has 2 aromatic heterocycles. The van der Waals surface area contributed by atoms with E-state index in [-0.39, 0.29) is 11.4 Å². The van der Waals surface area contributed by atoms with Gasteiger partial charge in [0.25, 0.3) is 5.89 Å². The van der Waals surface area contributed by atoms with Gasteiger partial charge in [-0.2, -0.15) is 4.98 Å². The van der Waals surface area contributed by atoms with Crippen LogP contribution in [0.5, 0.6) is 5.75 Å². The maximum Gasteiger partial charge on any atom is 0.258 e. The molecule has 3 aromatic rings. The first-order valence-corrected chi connectivity index (χ1v) is 6.82. The number of aromatic hydroxyl groups is 1. The van der Waals surface area contributed by atoms with Gasteiger partial charge in [-0.1, -0.05) is 5.16 Å². The molecule has 20 heavy (non-hydrogen) atoms. The number of anilines is 1. The highest BCUT2D eigenvalue weighted by atomic mass is 32.1. The van der Waals surface area contributed by atoms with Gasteiger partial charge in [-0.05, 0) is 25.1 Å². The number of nitrogens with two attached hydrogens (primary N) is 1. The number of hydrogen-bond acceptors (Lipinski definition) is 7.